The first-order valence-electron chi connectivity index (χ1n) is 13.8. The molecule has 0 saturated heterocycles. The molecule has 0 heterocycles. The van der Waals surface area contributed by atoms with Crippen LogP contribution in [0.3, 0.4) is 0 Å². The van der Waals surface area contributed by atoms with Crippen LogP contribution in [0.4, 0.5) is 5.69 Å². The Balaban J connectivity index is 1.80. The Hall–Kier alpha value is -3.85. The first-order valence-corrected chi connectivity index (χ1v) is 16.0. The van der Waals surface area contributed by atoms with Crippen molar-refractivity contribution in [2.75, 3.05) is 17.4 Å². The van der Waals surface area contributed by atoms with Gasteiger partial charge in [0, 0.05) is 19.5 Å². The van der Waals surface area contributed by atoms with Crippen LogP contribution in [0.15, 0.2) is 108 Å². The summed E-state index contributed by atoms with van der Waals surface area (Å²) in [7, 11) is -4.15. The molecular formula is C33H33Cl2N3O4S. The summed E-state index contributed by atoms with van der Waals surface area (Å²) < 4.78 is 29.0. The van der Waals surface area contributed by atoms with Gasteiger partial charge in [-0.2, -0.15) is 0 Å². The lowest BCUT2D eigenvalue weighted by molar-refractivity contribution is -0.140. The minimum absolute atomic E-state index is 0.00250. The smallest absolute Gasteiger partial charge is 0.264 e. The lowest BCUT2D eigenvalue weighted by atomic mass is 10.0. The average molecular weight is 639 g/mol. The summed E-state index contributed by atoms with van der Waals surface area (Å²) in [4.78, 5) is 29.3. The number of hydrogen-bond donors (Lipinski definition) is 1. The Morgan fingerprint density at radius 2 is 1.44 bits per heavy atom. The molecule has 4 rings (SSSR count). The van der Waals surface area contributed by atoms with Crippen LogP contribution in [0, 0.1) is 6.92 Å². The number of nitrogens with zero attached hydrogens (tertiary/aromatic N) is 2. The summed E-state index contributed by atoms with van der Waals surface area (Å²) in [6.07, 6.45) is 0.218. The van der Waals surface area contributed by atoms with Crippen LogP contribution in [0.5, 0.6) is 0 Å². The molecule has 0 spiro atoms. The standard InChI is InChI=1S/C33H33Cl2N3O4S/c1-3-36-33(40)31(21-25-10-6-4-7-11-25)37(22-26-16-19-29(34)30(35)20-26)32(39)23-38(27-17-14-24(2)15-18-27)43(41,42)28-12-8-5-9-13-28/h4-20,31H,3,21-23H2,1-2H3,(H,36,40)/t31-/m0/s1. The summed E-state index contributed by atoms with van der Waals surface area (Å²) in [6, 6.07) is 28.3. The van der Waals surface area contributed by atoms with Crippen LogP contribution in [0.1, 0.15) is 23.6 Å². The number of rotatable bonds is 12. The first kappa shape index (κ1) is 32.1. The maximum absolute atomic E-state index is 14.3. The van der Waals surface area contributed by atoms with E-state index in [9.17, 15) is 18.0 Å². The molecule has 0 aliphatic carbocycles. The topological polar surface area (TPSA) is 86.8 Å². The van der Waals surface area contributed by atoms with E-state index in [0.29, 0.717) is 27.8 Å². The van der Waals surface area contributed by atoms with Gasteiger partial charge < -0.3 is 10.2 Å². The van der Waals surface area contributed by atoms with Gasteiger partial charge in [0.25, 0.3) is 10.0 Å². The Kier molecular flexibility index (Phi) is 10.9. The SMILES string of the molecule is CCNC(=O)[C@H](Cc1ccccc1)N(Cc1ccc(Cl)c(Cl)c1)C(=O)CN(c1ccc(C)cc1)S(=O)(=O)c1ccccc1. The molecule has 0 saturated carbocycles. The quantitative estimate of drug-likeness (QED) is 0.198. The largest absolute Gasteiger partial charge is 0.355 e. The first-order chi connectivity index (χ1) is 20.6. The van der Waals surface area contributed by atoms with Crippen LogP contribution < -0.4 is 9.62 Å². The highest BCUT2D eigenvalue weighted by Crippen LogP contribution is 2.27. The van der Waals surface area contributed by atoms with E-state index in [1.165, 1.54) is 17.0 Å². The van der Waals surface area contributed by atoms with E-state index >= 15 is 0 Å². The van der Waals surface area contributed by atoms with Gasteiger partial charge in [0.2, 0.25) is 11.8 Å². The molecule has 0 bridgehead atoms. The molecule has 0 aliphatic heterocycles. The number of anilines is 1. The van der Waals surface area contributed by atoms with Crippen LogP contribution in [-0.2, 0) is 32.6 Å². The molecule has 0 aromatic heterocycles. The third-order valence-electron chi connectivity index (χ3n) is 6.89. The summed E-state index contributed by atoms with van der Waals surface area (Å²) in [5.74, 6) is -0.911. The van der Waals surface area contributed by atoms with E-state index in [-0.39, 0.29) is 23.8 Å². The van der Waals surface area contributed by atoms with Crippen molar-refractivity contribution < 1.29 is 18.0 Å². The molecule has 1 N–H and O–H groups in total. The van der Waals surface area contributed by atoms with Crippen molar-refractivity contribution in [3.63, 3.8) is 0 Å². The van der Waals surface area contributed by atoms with Crippen molar-refractivity contribution in [1.29, 1.82) is 0 Å². The monoisotopic (exact) mass is 637 g/mol. The van der Waals surface area contributed by atoms with Crippen LogP contribution in [0.2, 0.25) is 10.0 Å². The highest BCUT2D eigenvalue weighted by molar-refractivity contribution is 7.92. The number of sulfonamides is 1. The van der Waals surface area contributed by atoms with E-state index < -0.39 is 28.5 Å². The Morgan fingerprint density at radius 3 is 2.05 bits per heavy atom. The molecule has 0 radical (unpaired) electrons. The maximum atomic E-state index is 14.3. The molecule has 1 atom stereocenters. The predicted octanol–water partition coefficient (Wildman–Crippen LogP) is 6.27. The van der Waals surface area contributed by atoms with Gasteiger partial charge in [-0.15, -0.1) is 0 Å². The Labute approximate surface area is 263 Å². The predicted molar refractivity (Wildman–Crippen MR) is 172 cm³/mol. The summed E-state index contributed by atoms with van der Waals surface area (Å²) in [5, 5.41) is 3.50. The zero-order valence-electron chi connectivity index (χ0n) is 23.9. The van der Waals surface area contributed by atoms with E-state index in [2.05, 4.69) is 5.32 Å². The number of carbonyl (C=O) groups is 2. The molecule has 4 aromatic rings. The minimum atomic E-state index is -4.15. The van der Waals surface area contributed by atoms with E-state index in [1.54, 1.807) is 67.6 Å². The lowest BCUT2D eigenvalue weighted by Crippen LogP contribution is -2.53. The molecule has 2 amide bonds. The van der Waals surface area contributed by atoms with E-state index in [4.69, 9.17) is 23.2 Å². The van der Waals surface area contributed by atoms with Gasteiger partial charge in [-0.3, -0.25) is 13.9 Å². The highest BCUT2D eigenvalue weighted by Gasteiger charge is 2.34. The number of aryl methyl sites for hydroxylation is 1. The highest BCUT2D eigenvalue weighted by atomic mass is 35.5. The normalized spacial score (nSPS) is 11.9. The van der Waals surface area contributed by atoms with Crippen molar-refractivity contribution in [2.45, 2.75) is 37.8 Å². The van der Waals surface area contributed by atoms with Gasteiger partial charge in [0.1, 0.15) is 12.6 Å². The van der Waals surface area contributed by atoms with Crippen molar-refractivity contribution in [2.24, 2.45) is 0 Å². The number of hydrogen-bond acceptors (Lipinski definition) is 4. The second-order valence-electron chi connectivity index (χ2n) is 10.0. The molecule has 0 unspecified atom stereocenters. The van der Waals surface area contributed by atoms with Gasteiger partial charge in [0.15, 0.2) is 0 Å². The van der Waals surface area contributed by atoms with Gasteiger partial charge in [-0.05, 0) is 61.4 Å². The van der Waals surface area contributed by atoms with Gasteiger partial charge >= 0.3 is 0 Å². The zero-order valence-corrected chi connectivity index (χ0v) is 26.2. The fraction of sp³-hybridized carbons (Fsp3) is 0.212. The van der Waals surface area contributed by atoms with Crippen molar-refractivity contribution in [3.05, 3.63) is 130 Å². The molecule has 224 valence electrons. The zero-order chi connectivity index (χ0) is 31.0. The number of amides is 2. The van der Waals surface area contributed by atoms with Crippen LogP contribution in [-0.4, -0.2) is 44.3 Å². The molecule has 0 fully saturated rings. The summed E-state index contributed by atoms with van der Waals surface area (Å²) in [6.45, 7) is 3.51. The molecular weight excluding hydrogens is 605 g/mol. The molecule has 0 aliphatic rings. The van der Waals surface area contributed by atoms with Crippen LogP contribution in [0.25, 0.3) is 0 Å². The number of benzene rings is 4. The van der Waals surface area contributed by atoms with Gasteiger partial charge in [-0.1, -0.05) is 95.5 Å². The van der Waals surface area contributed by atoms with E-state index in [0.717, 1.165) is 15.4 Å². The lowest BCUT2D eigenvalue weighted by Gasteiger charge is -2.34. The number of likely N-dealkylation sites (N-methyl/N-ethyl adjacent to an activating group) is 1. The van der Waals surface area contributed by atoms with Gasteiger partial charge in [0.05, 0.1) is 20.6 Å². The Bertz CT molecular complexity index is 1650. The number of carbonyl (C=O) groups excluding carboxylic acids is 2. The number of halogens is 2. The molecule has 4 aromatic carbocycles. The second kappa shape index (κ2) is 14.6. The fourth-order valence-corrected chi connectivity index (χ4v) is 6.40. The molecule has 10 heteroatoms. The average Bonchev–Trinajstić information content (AvgIpc) is 3.01. The Morgan fingerprint density at radius 1 is 0.814 bits per heavy atom. The number of nitrogens with one attached hydrogen (secondary N) is 1. The summed E-state index contributed by atoms with van der Waals surface area (Å²) >= 11 is 12.4. The third kappa shape index (κ3) is 8.16. The third-order valence-corrected chi connectivity index (χ3v) is 9.42. The van der Waals surface area contributed by atoms with Crippen LogP contribution >= 0.6 is 23.2 Å². The van der Waals surface area contributed by atoms with E-state index in [1.807, 2.05) is 37.3 Å². The molecule has 43 heavy (non-hydrogen) atoms. The summed E-state index contributed by atoms with van der Waals surface area (Å²) in [5.41, 5.74) is 2.75. The minimum Gasteiger partial charge on any atom is -0.355 e. The van der Waals surface area contributed by atoms with Crippen molar-refractivity contribution in [3.8, 4) is 0 Å². The second-order valence-corrected chi connectivity index (χ2v) is 12.7. The van der Waals surface area contributed by atoms with Gasteiger partial charge in [-0.25, -0.2) is 8.42 Å². The molecule has 7 nitrogen and oxygen atoms in total. The fourth-order valence-electron chi connectivity index (χ4n) is 4.64. The van der Waals surface area contributed by atoms with Crippen molar-refractivity contribution >= 4 is 50.7 Å². The van der Waals surface area contributed by atoms with Crippen molar-refractivity contribution in [1.82, 2.24) is 10.2 Å². The maximum Gasteiger partial charge on any atom is 0.264 e.